The number of hydrogen-bond donors (Lipinski definition) is 2. The summed E-state index contributed by atoms with van der Waals surface area (Å²) in [5, 5.41) is 4.90. The van der Waals surface area contributed by atoms with E-state index in [4.69, 9.17) is 9.47 Å². The van der Waals surface area contributed by atoms with Crippen LogP contribution < -0.4 is 10.6 Å². The minimum atomic E-state index is -1.54. The molecule has 1 aliphatic rings. The summed E-state index contributed by atoms with van der Waals surface area (Å²) in [5.41, 5.74) is -0.276. The highest BCUT2D eigenvalue weighted by Gasteiger charge is 2.43. The fourth-order valence-electron chi connectivity index (χ4n) is 2.62. The fraction of sp³-hybridized carbons (Fsp3) is 0.526. The van der Waals surface area contributed by atoms with Crippen molar-refractivity contribution in [3.8, 4) is 0 Å². The Kier molecular flexibility index (Phi) is 6.41. The number of nitrogens with one attached hydrogen (secondary N) is 2. The van der Waals surface area contributed by atoms with Crippen molar-refractivity contribution in [2.75, 3.05) is 6.61 Å². The zero-order valence-electron chi connectivity index (χ0n) is 15.9. The number of ether oxygens (including phenoxy) is 2. The molecular formula is C19H25FN2O5. The van der Waals surface area contributed by atoms with Gasteiger partial charge in [0.15, 0.2) is 0 Å². The fourth-order valence-corrected chi connectivity index (χ4v) is 2.62. The molecule has 7 nitrogen and oxygen atoms in total. The van der Waals surface area contributed by atoms with Gasteiger partial charge < -0.3 is 14.8 Å². The predicted octanol–water partition coefficient (Wildman–Crippen LogP) is 2.25. The summed E-state index contributed by atoms with van der Waals surface area (Å²) in [6.07, 6.45) is -0.355. The molecule has 2 rings (SSSR count). The Morgan fingerprint density at radius 2 is 1.93 bits per heavy atom. The van der Waals surface area contributed by atoms with Crippen molar-refractivity contribution in [1.82, 2.24) is 10.6 Å². The van der Waals surface area contributed by atoms with Crippen LogP contribution in [0.5, 0.6) is 0 Å². The average Bonchev–Trinajstić information content (AvgIpc) is 3.30. The lowest BCUT2D eigenvalue weighted by atomic mass is 10.1. The molecule has 1 aromatic carbocycles. The minimum absolute atomic E-state index is 0.0554. The van der Waals surface area contributed by atoms with Crippen molar-refractivity contribution in [2.45, 2.75) is 57.7 Å². The Hall–Kier alpha value is -2.64. The Balaban J connectivity index is 2.01. The van der Waals surface area contributed by atoms with Gasteiger partial charge in [0.25, 0.3) is 5.91 Å². The number of alkyl carbamates (subject to hydrolysis) is 1. The van der Waals surface area contributed by atoms with Gasteiger partial charge in [-0.2, -0.15) is 0 Å². The molecule has 0 aliphatic heterocycles. The molecule has 0 spiro atoms. The maximum Gasteiger partial charge on any atom is 0.408 e. The molecule has 1 aromatic rings. The third-order valence-corrected chi connectivity index (χ3v) is 3.87. The molecule has 0 aromatic heterocycles. The summed E-state index contributed by atoms with van der Waals surface area (Å²) in [4.78, 5) is 36.5. The quantitative estimate of drug-likeness (QED) is 0.583. The molecule has 0 bridgehead atoms. The van der Waals surface area contributed by atoms with Gasteiger partial charge in [0.05, 0.1) is 6.61 Å². The molecule has 0 saturated heterocycles. The van der Waals surface area contributed by atoms with Crippen LogP contribution in [-0.4, -0.2) is 42.3 Å². The second kappa shape index (κ2) is 8.37. The maximum absolute atomic E-state index is 13.8. The SMILES string of the molecule is CCOC(=O)C(NC(=O)OC(C)(C)C)C(=O)NC1CC1c1ccccc1F. The minimum Gasteiger partial charge on any atom is -0.464 e. The Bertz CT molecular complexity index is 716. The van der Waals surface area contributed by atoms with Crippen LogP contribution in [-0.2, 0) is 19.1 Å². The number of carbonyl (C=O) groups excluding carboxylic acids is 3. The molecule has 1 fully saturated rings. The lowest BCUT2D eigenvalue weighted by molar-refractivity contribution is -0.149. The van der Waals surface area contributed by atoms with E-state index in [1.54, 1.807) is 45.9 Å². The first-order valence-corrected chi connectivity index (χ1v) is 8.83. The number of rotatable bonds is 6. The van der Waals surface area contributed by atoms with Gasteiger partial charge in [-0.05, 0) is 45.7 Å². The molecule has 3 unspecified atom stereocenters. The van der Waals surface area contributed by atoms with Gasteiger partial charge in [-0.15, -0.1) is 0 Å². The van der Waals surface area contributed by atoms with E-state index in [1.165, 1.54) is 6.07 Å². The van der Waals surface area contributed by atoms with Crippen LogP contribution in [0, 0.1) is 5.82 Å². The van der Waals surface area contributed by atoms with E-state index >= 15 is 0 Å². The largest absolute Gasteiger partial charge is 0.464 e. The summed E-state index contributed by atoms with van der Waals surface area (Å²) in [6.45, 7) is 6.63. The summed E-state index contributed by atoms with van der Waals surface area (Å²) in [5.74, 6) is -2.11. The van der Waals surface area contributed by atoms with Gasteiger partial charge in [0, 0.05) is 12.0 Å². The van der Waals surface area contributed by atoms with Crippen molar-refractivity contribution < 1.29 is 28.2 Å². The molecule has 0 radical (unpaired) electrons. The summed E-state index contributed by atoms with van der Waals surface area (Å²) >= 11 is 0. The number of carbonyl (C=O) groups is 3. The first-order valence-electron chi connectivity index (χ1n) is 8.83. The van der Waals surface area contributed by atoms with Crippen LogP contribution in [0.25, 0.3) is 0 Å². The number of halogens is 1. The monoisotopic (exact) mass is 380 g/mol. The van der Waals surface area contributed by atoms with E-state index in [0.717, 1.165) is 0 Å². The first-order chi connectivity index (χ1) is 12.6. The van der Waals surface area contributed by atoms with Gasteiger partial charge in [-0.3, -0.25) is 10.1 Å². The van der Waals surface area contributed by atoms with E-state index in [-0.39, 0.29) is 24.4 Å². The zero-order chi connectivity index (χ0) is 20.2. The highest BCUT2D eigenvalue weighted by atomic mass is 19.1. The topological polar surface area (TPSA) is 93.7 Å². The number of hydrogen-bond acceptors (Lipinski definition) is 5. The standard InChI is InChI=1S/C19H25FN2O5/c1-5-26-17(24)15(22-18(25)27-19(2,3)4)16(23)21-14-10-12(14)11-8-6-7-9-13(11)20/h6-9,12,14-15H,5,10H2,1-4H3,(H,21,23)(H,22,25). The molecule has 8 heteroatoms. The summed E-state index contributed by atoms with van der Waals surface area (Å²) in [6, 6.07) is 4.48. The van der Waals surface area contributed by atoms with Gasteiger partial charge in [0.1, 0.15) is 11.4 Å². The van der Waals surface area contributed by atoms with Crippen LogP contribution in [0.2, 0.25) is 0 Å². The van der Waals surface area contributed by atoms with Crippen molar-refractivity contribution >= 4 is 18.0 Å². The van der Waals surface area contributed by atoms with Crippen molar-refractivity contribution in [1.29, 1.82) is 0 Å². The Morgan fingerprint density at radius 3 is 2.52 bits per heavy atom. The molecule has 1 aliphatic carbocycles. The van der Waals surface area contributed by atoms with Gasteiger partial charge in [-0.25, -0.2) is 14.0 Å². The molecule has 27 heavy (non-hydrogen) atoms. The lowest BCUT2D eigenvalue weighted by Gasteiger charge is -2.22. The van der Waals surface area contributed by atoms with Crippen LogP contribution in [0.4, 0.5) is 9.18 Å². The third-order valence-electron chi connectivity index (χ3n) is 3.87. The smallest absolute Gasteiger partial charge is 0.408 e. The molecular weight excluding hydrogens is 355 g/mol. The van der Waals surface area contributed by atoms with E-state index in [9.17, 15) is 18.8 Å². The molecule has 3 atom stereocenters. The second-order valence-corrected chi connectivity index (χ2v) is 7.31. The summed E-state index contributed by atoms with van der Waals surface area (Å²) < 4.78 is 23.8. The van der Waals surface area contributed by atoms with Crippen LogP contribution in [0.1, 0.15) is 45.6 Å². The van der Waals surface area contributed by atoms with Crippen LogP contribution in [0.3, 0.4) is 0 Å². The highest BCUT2D eigenvalue weighted by molar-refractivity contribution is 6.04. The Morgan fingerprint density at radius 1 is 1.26 bits per heavy atom. The third kappa shape index (κ3) is 5.94. The summed E-state index contributed by atoms with van der Waals surface area (Å²) in [7, 11) is 0. The first kappa shape index (κ1) is 20.7. The van der Waals surface area contributed by atoms with Crippen LogP contribution >= 0.6 is 0 Å². The normalized spacial score (nSPS) is 19.6. The van der Waals surface area contributed by atoms with Crippen LogP contribution in [0.15, 0.2) is 24.3 Å². The maximum atomic E-state index is 13.8. The highest BCUT2D eigenvalue weighted by Crippen LogP contribution is 2.41. The van der Waals surface area contributed by atoms with Gasteiger partial charge in [-0.1, -0.05) is 18.2 Å². The number of esters is 1. The molecule has 2 N–H and O–H groups in total. The van der Waals surface area contributed by atoms with Crippen molar-refractivity contribution in [2.24, 2.45) is 0 Å². The molecule has 1 saturated carbocycles. The second-order valence-electron chi connectivity index (χ2n) is 7.31. The number of amides is 2. The molecule has 0 heterocycles. The predicted molar refractivity (Wildman–Crippen MR) is 95.5 cm³/mol. The van der Waals surface area contributed by atoms with Crippen molar-refractivity contribution in [3.63, 3.8) is 0 Å². The van der Waals surface area contributed by atoms with E-state index in [2.05, 4.69) is 10.6 Å². The van der Waals surface area contributed by atoms with E-state index < -0.39 is 29.6 Å². The average molecular weight is 380 g/mol. The Labute approximate surface area is 157 Å². The van der Waals surface area contributed by atoms with Gasteiger partial charge in [0.2, 0.25) is 6.04 Å². The zero-order valence-corrected chi connectivity index (χ0v) is 15.9. The van der Waals surface area contributed by atoms with Gasteiger partial charge >= 0.3 is 12.1 Å². The van der Waals surface area contributed by atoms with Crippen molar-refractivity contribution in [3.05, 3.63) is 35.6 Å². The van der Waals surface area contributed by atoms with E-state index in [1.807, 2.05) is 0 Å². The molecule has 148 valence electrons. The molecule has 2 amide bonds. The van der Waals surface area contributed by atoms with E-state index in [0.29, 0.717) is 12.0 Å². The number of benzene rings is 1. The lowest BCUT2D eigenvalue weighted by Crippen LogP contribution is -2.53.